The number of halogens is 2. The predicted molar refractivity (Wildman–Crippen MR) is 97.4 cm³/mol. The zero-order chi connectivity index (χ0) is 20.4. The molecule has 28 heavy (non-hydrogen) atoms. The molecule has 2 rings (SSSR count). The zero-order valence-corrected chi connectivity index (χ0v) is 15.3. The van der Waals surface area contributed by atoms with E-state index in [-0.39, 0.29) is 24.6 Å². The second-order valence-electron chi connectivity index (χ2n) is 5.73. The fourth-order valence-corrected chi connectivity index (χ4v) is 2.35. The third-order valence-electron chi connectivity index (χ3n) is 3.74. The summed E-state index contributed by atoms with van der Waals surface area (Å²) in [5.41, 5.74) is 1.24. The van der Waals surface area contributed by atoms with Crippen molar-refractivity contribution in [1.82, 2.24) is 5.32 Å². The molecule has 0 bridgehead atoms. The van der Waals surface area contributed by atoms with Gasteiger partial charge in [0.05, 0.1) is 25.3 Å². The molecule has 0 aliphatic heterocycles. The fourth-order valence-electron chi connectivity index (χ4n) is 2.35. The summed E-state index contributed by atoms with van der Waals surface area (Å²) in [4.78, 5) is 11.9. The van der Waals surface area contributed by atoms with Gasteiger partial charge in [-0.3, -0.25) is 4.79 Å². The number of hydrogen-bond donors (Lipinski definition) is 1. The molecule has 0 aliphatic carbocycles. The number of ether oxygens (including phenoxy) is 3. The monoisotopic (exact) mass is 390 g/mol. The third kappa shape index (κ3) is 6.76. The minimum Gasteiger partial charge on any atom is -0.493 e. The summed E-state index contributed by atoms with van der Waals surface area (Å²) in [5.74, 6) is 0.888. The number of nitriles is 1. The van der Waals surface area contributed by atoms with Crippen molar-refractivity contribution in [2.75, 3.05) is 13.7 Å². The second-order valence-corrected chi connectivity index (χ2v) is 5.73. The van der Waals surface area contributed by atoms with Gasteiger partial charge in [-0.1, -0.05) is 12.1 Å². The van der Waals surface area contributed by atoms with Crippen molar-refractivity contribution < 1.29 is 27.8 Å². The molecule has 0 aliphatic rings. The average molecular weight is 390 g/mol. The standard InChI is InChI=1S/C20H20F2N2O4/c1-26-18-11-15(12-23)6-9-17(18)27-10-2-3-19(25)24-13-14-4-7-16(8-5-14)28-20(21)22/h4-9,11,20H,2-3,10,13H2,1H3,(H,24,25). The van der Waals surface area contributed by atoms with Gasteiger partial charge >= 0.3 is 6.61 Å². The first kappa shape index (κ1) is 21.0. The quantitative estimate of drug-likeness (QED) is 0.627. The van der Waals surface area contributed by atoms with E-state index in [1.807, 2.05) is 6.07 Å². The largest absolute Gasteiger partial charge is 0.493 e. The topological polar surface area (TPSA) is 80.6 Å². The first-order valence-corrected chi connectivity index (χ1v) is 8.53. The van der Waals surface area contributed by atoms with E-state index in [1.165, 1.54) is 19.2 Å². The van der Waals surface area contributed by atoms with Gasteiger partial charge in [-0.2, -0.15) is 14.0 Å². The number of nitrogens with zero attached hydrogens (tertiary/aromatic N) is 1. The van der Waals surface area contributed by atoms with Gasteiger partial charge in [0.15, 0.2) is 11.5 Å². The van der Waals surface area contributed by atoms with Crippen LogP contribution < -0.4 is 19.5 Å². The van der Waals surface area contributed by atoms with E-state index >= 15 is 0 Å². The molecule has 0 unspecified atom stereocenters. The van der Waals surface area contributed by atoms with Crippen LogP contribution in [0.2, 0.25) is 0 Å². The van der Waals surface area contributed by atoms with Crippen molar-refractivity contribution in [3.05, 3.63) is 53.6 Å². The molecule has 0 atom stereocenters. The highest BCUT2D eigenvalue weighted by atomic mass is 19.3. The zero-order valence-electron chi connectivity index (χ0n) is 15.3. The van der Waals surface area contributed by atoms with Crippen LogP contribution >= 0.6 is 0 Å². The molecule has 0 heterocycles. The molecule has 0 spiro atoms. The highest BCUT2D eigenvalue weighted by molar-refractivity contribution is 5.75. The van der Waals surface area contributed by atoms with Crippen molar-refractivity contribution in [3.8, 4) is 23.3 Å². The highest BCUT2D eigenvalue weighted by Gasteiger charge is 2.07. The lowest BCUT2D eigenvalue weighted by molar-refractivity contribution is -0.121. The molecule has 6 nitrogen and oxygen atoms in total. The van der Waals surface area contributed by atoms with E-state index in [1.54, 1.807) is 30.3 Å². The molecule has 0 fully saturated rings. The number of hydrogen-bond acceptors (Lipinski definition) is 5. The summed E-state index contributed by atoms with van der Waals surface area (Å²) in [6, 6.07) is 12.9. The van der Waals surface area contributed by atoms with Gasteiger partial charge in [-0.15, -0.1) is 0 Å². The number of amides is 1. The number of benzene rings is 2. The molecule has 0 radical (unpaired) electrons. The maximum Gasteiger partial charge on any atom is 0.387 e. The summed E-state index contributed by atoms with van der Waals surface area (Å²) in [6.07, 6.45) is 0.765. The van der Waals surface area contributed by atoms with Gasteiger partial charge in [-0.25, -0.2) is 0 Å². The molecule has 0 saturated heterocycles. The first-order valence-electron chi connectivity index (χ1n) is 8.53. The lowest BCUT2D eigenvalue weighted by Crippen LogP contribution is -2.23. The Kier molecular flexibility index (Phi) is 8.03. The lowest BCUT2D eigenvalue weighted by atomic mass is 10.2. The van der Waals surface area contributed by atoms with Gasteiger partial charge in [0, 0.05) is 19.0 Å². The molecule has 1 amide bonds. The molecule has 1 N–H and O–H groups in total. The van der Waals surface area contributed by atoms with Crippen molar-refractivity contribution >= 4 is 5.91 Å². The number of carbonyl (C=O) groups excluding carboxylic acids is 1. The molecule has 0 aromatic heterocycles. The van der Waals surface area contributed by atoms with Crippen molar-refractivity contribution in [1.29, 1.82) is 5.26 Å². The minimum atomic E-state index is -2.86. The molecule has 0 saturated carbocycles. The Morgan fingerprint density at radius 3 is 2.57 bits per heavy atom. The minimum absolute atomic E-state index is 0.0699. The number of carbonyl (C=O) groups is 1. The summed E-state index contributed by atoms with van der Waals surface area (Å²) < 4.78 is 39.2. The van der Waals surface area contributed by atoms with Crippen LogP contribution in [-0.4, -0.2) is 26.2 Å². The van der Waals surface area contributed by atoms with E-state index in [4.69, 9.17) is 14.7 Å². The van der Waals surface area contributed by atoms with Gasteiger partial charge in [-0.05, 0) is 36.2 Å². The SMILES string of the molecule is COc1cc(C#N)ccc1OCCCC(=O)NCc1ccc(OC(F)F)cc1. The maximum absolute atomic E-state index is 12.1. The highest BCUT2D eigenvalue weighted by Crippen LogP contribution is 2.27. The van der Waals surface area contributed by atoms with E-state index in [0.717, 1.165) is 5.56 Å². The number of nitrogens with one attached hydrogen (secondary N) is 1. The van der Waals surface area contributed by atoms with E-state index < -0.39 is 6.61 Å². The van der Waals surface area contributed by atoms with Crippen LogP contribution in [0.5, 0.6) is 17.2 Å². The lowest BCUT2D eigenvalue weighted by Gasteiger charge is -2.11. The van der Waals surface area contributed by atoms with Crippen LogP contribution in [0, 0.1) is 11.3 Å². The van der Waals surface area contributed by atoms with E-state index in [9.17, 15) is 13.6 Å². The Bertz CT molecular complexity index is 820. The molecular formula is C20H20F2N2O4. The van der Waals surface area contributed by atoms with Crippen LogP contribution in [0.15, 0.2) is 42.5 Å². The summed E-state index contributed by atoms with van der Waals surface area (Å²) in [5, 5.41) is 11.6. The van der Waals surface area contributed by atoms with Crippen molar-refractivity contribution in [2.45, 2.75) is 26.0 Å². The van der Waals surface area contributed by atoms with E-state index in [0.29, 0.717) is 30.1 Å². The maximum atomic E-state index is 12.1. The summed E-state index contributed by atoms with van der Waals surface area (Å²) >= 11 is 0. The van der Waals surface area contributed by atoms with Crippen LogP contribution in [0.1, 0.15) is 24.0 Å². The van der Waals surface area contributed by atoms with Gasteiger partial charge in [0.25, 0.3) is 0 Å². The van der Waals surface area contributed by atoms with Gasteiger partial charge in [0.2, 0.25) is 5.91 Å². The number of rotatable bonds is 10. The molecule has 2 aromatic rings. The Balaban J connectivity index is 1.70. The second kappa shape index (κ2) is 10.7. The Morgan fingerprint density at radius 1 is 1.18 bits per heavy atom. The number of alkyl halides is 2. The predicted octanol–water partition coefficient (Wildman–Crippen LogP) is 3.64. The average Bonchev–Trinajstić information content (AvgIpc) is 2.70. The van der Waals surface area contributed by atoms with Crippen molar-refractivity contribution in [3.63, 3.8) is 0 Å². The van der Waals surface area contributed by atoms with Gasteiger partial charge < -0.3 is 19.5 Å². The van der Waals surface area contributed by atoms with E-state index in [2.05, 4.69) is 10.1 Å². The molecule has 8 heteroatoms. The van der Waals surface area contributed by atoms with Crippen LogP contribution in [0.3, 0.4) is 0 Å². The Hall–Kier alpha value is -3.34. The Morgan fingerprint density at radius 2 is 1.93 bits per heavy atom. The molecular weight excluding hydrogens is 370 g/mol. The molecule has 2 aromatic carbocycles. The summed E-state index contributed by atoms with van der Waals surface area (Å²) in [7, 11) is 1.49. The fraction of sp³-hybridized carbons (Fsp3) is 0.300. The first-order chi connectivity index (χ1) is 13.5. The van der Waals surface area contributed by atoms with Crippen LogP contribution in [-0.2, 0) is 11.3 Å². The molecule has 148 valence electrons. The normalized spacial score (nSPS) is 10.2. The van der Waals surface area contributed by atoms with Gasteiger partial charge in [0.1, 0.15) is 5.75 Å². The Labute approximate surface area is 161 Å². The van der Waals surface area contributed by atoms with Crippen molar-refractivity contribution in [2.24, 2.45) is 0 Å². The smallest absolute Gasteiger partial charge is 0.387 e. The van der Waals surface area contributed by atoms with Crippen LogP contribution in [0.25, 0.3) is 0 Å². The van der Waals surface area contributed by atoms with Crippen LogP contribution in [0.4, 0.5) is 8.78 Å². The number of methoxy groups -OCH3 is 1. The summed E-state index contributed by atoms with van der Waals surface area (Å²) in [6.45, 7) is -2.26. The third-order valence-corrected chi connectivity index (χ3v) is 3.74.